The van der Waals surface area contributed by atoms with Gasteiger partial charge in [-0.3, -0.25) is 0 Å². The van der Waals surface area contributed by atoms with Crippen LogP contribution in [0.2, 0.25) is 0 Å². The first-order valence-corrected chi connectivity index (χ1v) is 8.74. The molecule has 1 N–H and O–H groups in total. The van der Waals surface area contributed by atoms with Gasteiger partial charge in [-0.15, -0.1) is 0 Å². The van der Waals surface area contributed by atoms with Crippen molar-refractivity contribution in [2.75, 3.05) is 0 Å². The molecule has 0 aliphatic rings. The van der Waals surface area contributed by atoms with Gasteiger partial charge in [-0.05, 0) is 55.7 Å². The Hall–Kier alpha value is -3.09. The molecule has 0 fully saturated rings. The number of alkyl halides is 3. The molecule has 3 rings (SSSR count). The quantitative estimate of drug-likeness (QED) is 0.648. The topological polar surface area (TPSA) is 55.1 Å². The predicted octanol–water partition coefficient (Wildman–Crippen LogP) is 5.44. The average Bonchev–Trinajstić information content (AvgIpc) is 3.03. The fourth-order valence-electron chi connectivity index (χ4n) is 3.12. The number of hydrogen-bond donors (Lipinski definition) is 1. The van der Waals surface area contributed by atoms with Gasteiger partial charge < -0.3 is 5.11 Å². The van der Waals surface area contributed by atoms with Gasteiger partial charge in [-0.25, -0.2) is 9.48 Å². The predicted molar refractivity (Wildman–Crippen MR) is 99.8 cm³/mol. The smallest absolute Gasteiger partial charge is 0.416 e. The lowest BCUT2D eigenvalue weighted by molar-refractivity contribution is -0.137. The number of benzene rings is 2. The fourth-order valence-corrected chi connectivity index (χ4v) is 3.12. The normalized spacial score (nSPS) is 11.6. The first-order valence-electron chi connectivity index (χ1n) is 8.74. The molecule has 0 aliphatic carbocycles. The number of halogens is 3. The lowest BCUT2D eigenvalue weighted by atomic mass is 10.0. The standard InChI is InChI=1S/C21H19F3N2O2/c1-4-17-18(20(27)28)19(14-6-5-7-15(11-14)21(22,23)24)25-26(17)16-9-8-12(2)13(3)10-16/h5-11H,4H2,1-3H3,(H,27,28). The van der Waals surface area contributed by atoms with Crippen LogP contribution in [0, 0.1) is 13.8 Å². The molecule has 0 atom stereocenters. The highest BCUT2D eigenvalue weighted by Gasteiger charge is 2.32. The van der Waals surface area contributed by atoms with E-state index in [2.05, 4.69) is 5.10 Å². The lowest BCUT2D eigenvalue weighted by Gasteiger charge is -2.09. The van der Waals surface area contributed by atoms with Crippen molar-refractivity contribution in [2.24, 2.45) is 0 Å². The monoisotopic (exact) mass is 388 g/mol. The lowest BCUT2D eigenvalue weighted by Crippen LogP contribution is -2.06. The maximum atomic E-state index is 13.1. The molecule has 0 spiro atoms. The molecule has 28 heavy (non-hydrogen) atoms. The molecular weight excluding hydrogens is 369 g/mol. The van der Waals surface area contributed by atoms with Crippen molar-refractivity contribution in [3.05, 3.63) is 70.4 Å². The van der Waals surface area contributed by atoms with E-state index in [1.54, 1.807) is 6.92 Å². The van der Waals surface area contributed by atoms with Crippen LogP contribution in [0.1, 0.15) is 39.7 Å². The third-order valence-corrected chi connectivity index (χ3v) is 4.73. The van der Waals surface area contributed by atoms with E-state index in [9.17, 15) is 23.1 Å². The maximum absolute atomic E-state index is 13.1. The highest BCUT2D eigenvalue weighted by Crippen LogP contribution is 2.34. The van der Waals surface area contributed by atoms with Crippen molar-refractivity contribution in [2.45, 2.75) is 33.4 Å². The van der Waals surface area contributed by atoms with E-state index in [-0.39, 0.29) is 16.8 Å². The highest BCUT2D eigenvalue weighted by molar-refractivity contribution is 5.96. The molecule has 0 amide bonds. The molecule has 146 valence electrons. The Balaban J connectivity index is 2.27. The molecule has 1 heterocycles. The summed E-state index contributed by atoms with van der Waals surface area (Å²) in [7, 11) is 0. The summed E-state index contributed by atoms with van der Waals surface area (Å²) < 4.78 is 40.8. The number of nitrogens with zero attached hydrogens (tertiary/aromatic N) is 2. The Morgan fingerprint density at radius 3 is 2.39 bits per heavy atom. The Morgan fingerprint density at radius 1 is 1.11 bits per heavy atom. The van der Waals surface area contributed by atoms with E-state index in [4.69, 9.17) is 0 Å². The maximum Gasteiger partial charge on any atom is 0.416 e. The van der Waals surface area contributed by atoms with E-state index in [1.165, 1.54) is 16.8 Å². The van der Waals surface area contributed by atoms with Gasteiger partial charge in [-0.2, -0.15) is 18.3 Å². The summed E-state index contributed by atoms with van der Waals surface area (Å²) in [6, 6.07) is 10.2. The van der Waals surface area contributed by atoms with E-state index >= 15 is 0 Å². The highest BCUT2D eigenvalue weighted by atomic mass is 19.4. The average molecular weight is 388 g/mol. The van der Waals surface area contributed by atoms with Crippen molar-refractivity contribution < 1.29 is 23.1 Å². The summed E-state index contributed by atoms with van der Waals surface area (Å²) in [5, 5.41) is 14.2. The number of aromatic carboxylic acids is 1. The van der Waals surface area contributed by atoms with Gasteiger partial charge in [0.05, 0.1) is 16.9 Å². The van der Waals surface area contributed by atoms with Crippen molar-refractivity contribution in [1.82, 2.24) is 9.78 Å². The van der Waals surface area contributed by atoms with Crippen molar-refractivity contribution in [3.63, 3.8) is 0 Å². The van der Waals surface area contributed by atoms with Crippen molar-refractivity contribution in [3.8, 4) is 16.9 Å². The molecule has 0 saturated carbocycles. The number of hydrogen-bond acceptors (Lipinski definition) is 2. The van der Waals surface area contributed by atoms with E-state index < -0.39 is 17.7 Å². The number of aryl methyl sites for hydroxylation is 2. The number of rotatable bonds is 4. The summed E-state index contributed by atoms with van der Waals surface area (Å²) in [6.07, 6.45) is -4.16. The molecule has 2 aromatic carbocycles. The zero-order valence-electron chi connectivity index (χ0n) is 15.6. The zero-order chi connectivity index (χ0) is 20.6. The van der Waals surface area contributed by atoms with Gasteiger partial charge in [0.2, 0.25) is 0 Å². The Kier molecular flexibility index (Phi) is 5.02. The molecule has 0 radical (unpaired) electrons. The third kappa shape index (κ3) is 3.52. The van der Waals surface area contributed by atoms with Crippen LogP contribution in [0.15, 0.2) is 42.5 Å². The van der Waals surface area contributed by atoms with Gasteiger partial charge in [0.25, 0.3) is 0 Å². The van der Waals surface area contributed by atoms with Gasteiger partial charge in [0.15, 0.2) is 0 Å². The van der Waals surface area contributed by atoms with E-state index in [1.807, 2.05) is 32.0 Å². The molecule has 0 saturated heterocycles. The number of carboxylic acid groups (broad SMARTS) is 1. The molecule has 3 aromatic rings. The second kappa shape index (κ2) is 7.14. The molecular formula is C21H19F3N2O2. The second-order valence-corrected chi connectivity index (χ2v) is 6.59. The molecule has 0 bridgehead atoms. The van der Waals surface area contributed by atoms with Crippen LogP contribution >= 0.6 is 0 Å². The van der Waals surface area contributed by atoms with Crippen LogP contribution < -0.4 is 0 Å². The first-order chi connectivity index (χ1) is 13.1. The number of aromatic nitrogens is 2. The molecule has 0 aliphatic heterocycles. The fraction of sp³-hybridized carbons (Fsp3) is 0.238. The molecule has 1 aromatic heterocycles. The minimum Gasteiger partial charge on any atom is -0.478 e. The Labute approximate surface area is 160 Å². The minimum absolute atomic E-state index is 0.0219. The Bertz CT molecular complexity index is 1050. The number of carbonyl (C=O) groups is 1. The second-order valence-electron chi connectivity index (χ2n) is 6.59. The Morgan fingerprint density at radius 2 is 1.82 bits per heavy atom. The van der Waals surface area contributed by atoms with E-state index in [0.717, 1.165) is 23.3 Å². The largest absolute Gasteiger partial charge is 0.478 e. The SMILES string of the molecule is CCc1c(C(=O)O)c(-c2cccc(C(F)(F)F)c2)nn1-c1ccc(C)c(C)c1. The zero-order valence-corrected chi connectivity index (χ0v) is 15.6. The van der Waals surface area contributed by atoms with Gasteiger partial charge in [-0.1, -0.05) is 25.1 Å². The van der Waals surface area contributed by atoms with Crippen LogP contribution in [-0.2, 0) is 12.6 Å². The molecule has 0 unspecified atom stereocenters. The van der Waals surface area contributed by atoms with E-state index in [0.29, 0.717) is 17.8 Å². The summed E-state index contributed by atoms with van der Waals surface area (Å²) in [5.74, 6) is -1.22. The molecule has 4 nitrogen and oxygen atoms in total. The summed E-state index contributed by atoms with van der Waals surface area (Å²) in [5.41, 5.74) is 2.39. The van der Waals surface area contributed by atoms with Crippen LogP contribution in [0.4, 0.5) is 13.2 Å². The molecule has 7 heteroatoms. The van der Waals surface area contributed by atoms with Crippen LogP contribution in [-0.4, -0.2) is 20.9 Å². The van der Waals surface area contributed by atoms with Gasteiger partial charge >= 0.3 is 12.1 Å². The summed E-state index contributed by atoms with van der Waals surface area (Å²) in [4.78, 5) is 11.9. The van der Waals surface area contributed by atoms with Gasteiger partial charge in [0.1, 0.15) is 11.3 Å². The number of carboxylic acids is 1. The minimum atomic E-state index is -4.52. The van der Waals surface area contributed by atoms with Gasteiger partial charge in [0, 0.05) is 5.56 Å². The van der Waals surface area contributed by atoms with Crippen LogP contribution in [0.3, 0.4) is 0 Å². The summed E-state index contributed by atoms with van der Waals surface area (Å²) in [6.45, 7) is 5.68. The summed E-state index contributed by atoms with van der Waals surface area (Å²) >= 11 is 0. The van der Waals surface area contributed by atoms with Crippen LogP contribution in [0.5, 0.6) is 0 Å². The third-order valence-electron chi connectivity index (χ3n) is 4.73. The van der Waals surface area contributed by atoms with Crippen molar-refractivity contribution >= 4 is 5.97 Å². The van der Waals surface area contributed by atoms with Crippen molar-refractivity contribution in [1.29, 1.82) is 0 Å². The van der Waals surface area contributed by atoms with Crippen LogP contribution in [0.25, 0.3) is 16.9 Å². The first kappa shape index (κ1) is 19.7.